The third kappa shape index (κ3) is 6.68. The topological polar surface area (TPSA) is 92.2 Å². The van der Waals surface area contributed by atoms with Crippen LogP contribution in [0.2, 0.25) is 5.02 Å². The minimum atomic E-state index is -0.503. The van der Waals surface area contributed by atoms with Crippen LogP contribution >= 0.6 is 11.6 Å². The van der Waals surface area contributed by atoms with Crippen molar-refractivity contribution in [2.75, 3.05) is 0 Å². The Balaban J connectivity index is 1.76. The minimum Gasteiger partial charge on any atom is -0.352 e. The summed E-state index contributed by atoms with van der Waals surface area (Å²) in [5, 5.41) is 9.76. The number of hydrogen-bond donors (Lipinski definition) is 3. The number of hydrogen-bond acceptors (Lipinski definition) is 4. The molecule has 3 rings (SSSR count). The maximum Gasteiger partial charge on any atom is 0.250 e. The van der Waals surface area contributed by atoms with E-state index in [0.29, 0.717) is 18.1 Å². The molecular weight excluding hydrogens is 440 g/mol. The second kappa shape index (κ2) is 11.5. The summed E-state index contributed by atoms with van der Waals surface area (Å²) in [6.45, 7) is 6.89. The summed E-state index contributed by atoms with van der Waals surface area (Å²) in [6.07, 6.45) is 4.69. The first-order valence-corrected chi connectivity index (χ1v) is 12.0. The highest BCUT2D eigenvalue weighted by Crippen LogP contribution is 2.29. The summed E-state index contributed by atoms with van der Waals surface area (Å²) in [6, 6.07) is 8.71. The van der Waals surface area contributed by atoms with Gasteiger partial charge in [0.25, 0.3) is 5.56 Å². The summed E-state index contributed by atoms with van der Waals surface area (Å²) in [7, 11) is 0. The van der Waals surface area contributed by atoms with Crippen molar-refractivity contribution in [3.05, 3.63) is 68.6 Å². The Kier molecular flexibility index (Phi) is 8.69. The van der Waals surface area contributed by atoms with Gasteiger partial charge in [-0.3, -0.25) is 19.7 Å². The summed E-state index contributed by atoms with van der Waals surface area (Å²) in [5.74, 6) is -0.246. The van der Waals surface area contributed by atoms with E-state index in [1.807, 2.05) is 38.2 Å². The lowest BCUT2D eigenvalue weighted by atomic mass is 9.99. The number of amides is 2. The molecule has 0 radical (unpaired) electrons. The highest BCUT2D eigenvalue weighted by atomic mass is 35.5. The van der Waals surface area contributed by atoms with Crippen molar-refractivity contribution in [1.29, 1.82) is 0 Å². The smallest absolute Gasteiger partial charge is 0.250 e. The Morgan fingerprint density at radius 2 is 2.00 bits per heavy atom. The molecule has 1 aliphatic heterocycles. The van der Waals surface area contributed by atoms with Gasteiger partial charge in [-0.05, 0) is 35.7 Å². The molecule has 33 heavy (non-hydrogen) atoms. The first-order valence-electron chi connectivity index (χ1n) is 11.6. The zero-order valence-electron chi connectivity index (χ0n) is 19.5. The van der Waals surface area contributed by atoms with E-state index < -0.39 is 6.17 Å². The molecule has 1 fully saturated rings. The minimum absolute atomic E-state index is 0.0277. The van der Waals surface area contributed by atoms with Crippen LogP contribution in [0.5, 0.6) is 0 Å². The molecule has 2 amide bonds. The second-order valence-corrected chi connectivity index (χ2v) is 9.26. The largest absolute Gasteiger partial charge is 0.352 e. The average molecular weight is 473 g/mol. The van der Waals surface area contributed by atoms with Crippen molar-refractivity contribution in [3.8, 4) is 0 Å². The lowest BCUT2D eigenvalue weighted by Crippen LogP contribution is -2.47. The predicted molar refractivity (Wildman–Crippen MR) is 130 cm³/mol. The lowest BCUT2D eigenvalue weighted by Gasteiger charge is -2.33. The van der Waals surface area contributed by atoms with E-state index in [0.717, 1.165) is 36.0 Å². The van der Waals surface area contributed by atoms with Crippen LogP contribution in [-0.4, -0.2) is 16.4 Å². The molecule has 2 heterocycles. The van der Waals surface area contributed by atoms with Gasteiger partial charge in [0, 0.05) is 54.3 Å². The Morgan fingerprint density at radius 1 is 1.21 bits per heavy atom. The number of carbonyl (C=O) groups excluding carboxylic acids is 2. The summed E-state index contributed by atoms with van der Waals surface area (Å²) in [5.41, 5.74) is 2.33. The monoisotopic (exact) mass is 472 g/mol. The number of rotatable bonds is 9. The van der Waals surface area contributed by atoms with Crippen molar-refractivity contribution in [3.63, 3.8) is 0 Å². The maximum atomic E-state index is 12.6. The second-order valence-electron chi connectivity index (χ2n) is 8.85. The van der Waals surface area contributed by atoms with Gasteiger partial charge in [-0.25, -0.2) is 0 Å². The molecule has 1 saturated heterocycles. The molecule has 0 bridgehead atoms. The van der Waals surface area contributed by atoms with Gasteiger partial charge in [0.05, 0.1) is 0 Å². The van der Waals surface area contributed by atoms with E-state index in [9.17, 15) is 14.4 Å². The lowest BCUT2D eigenvalue weighted by molar-refractivity contribution is -0.125. The Hall–Kier alpha value is -2.64. The van der Waals surface area contributed by atoms with Crippen molar-refractivity contribution in [2.45, 2.75) is 71.8 Å². The number of aryl methyl sites for hydroxylation is 1. The standard InChI is InChI=1S/C25H33ClN4O3/c1-4-5-6-10-30-11-9-18(13-23(30)32)21-14-22(31)29-24(28-21)19-12-17(7-8-20(19)26)15-27-25(33)16(2)3/h7-9,11-13,16,21,24,28H,4-6,10,14-15H2,1-3H3,(H,27,33)(H,29,31). The number of aromatic nitrogens is 1. The highest BCUT2D eigenvalue weighted by molar-refractivity contribution is 6.31. The van der Waals surface area contributed by atoms with Gasteiger partial charge in [0.15, 0.2) is 0 Å². The zero-order valence-corrected chi connectivity index (χ0v) is 20.2. The average Bonchev–Trinajstić information content (AvgIpc) is 2.79. The van der Waals surface area contributed by atoms with Crippen LogP contribution in [0, 0.1) is 5.92 Å². The van der Waals surface area contributed by atoms with Crippen molar-refractivity contribution < 1.29 is 9.59 Å². The summed E-state index contributed by atoms with van der Waals surface area (Å²) >= 11 is 6.46. The number of pyridine rings is 1. The quantitative estimate of drug-likeness (QED) is 0.484. The molecule has 2 unspecified atom stereocenters. The van der Waals surface area contributed by atoms with Crippen LogP contribution in [0.4, 0.5) is 0 Å². The molecule has 2 atom stereocenters. The molecule has 1 aromatic heterocycles. The van der Waals surface area contributed by atoms with Crippen LogP contribution in [0.3, 0.4) is 0 Å². The predicted octanol–water partition coefficient (Wildman–Crippen LogP) is 3.81. The molecular formula is C25H33ClN4O3. The zero-order chi connectivity index (χ0) is 24.0. The van der Waals surface area contributed by atoms with Crippen molar-refractivity contribution >= 4 is 23.4 Å². The van der Waals surface area contributed by atoms with Gasteiger partial charge < -0.3 is 15.2 Å². The Morgan fingerprint density at radius 3 is 2.70 bits per heavy atom. The Bertz CT molecular complexity index is 1050. The van der Waals surface area contributed by atoms with Crippen molar-refractivity contribution in [1.82, 2.24) is 20.5 Å². The van der Waals surface area contributed by atoms with Gasteiger partial charge in [0.1, 0.15) is 6.17 Å². The van der Waals surface area contributed by atoms with Gasteiger partial charge in [-0.2, -0.15) is 0 Å². The van der Waals surface area contributed by atoms with E-state index >= 15 is 0 Å². The van der Waals surface area contributed by atoms with Crippen molar-refractivity contribution in [2.24, 2.45) is 5.92 Å². The fourth-order valence-electron chi connectivity index (χ4n) is 3.86. The molecule has 7 nitrogen and oxygen atoms in total. The number of benzene rings is 1. The third-order valence-electron chi connectivity index (χ3n) is 5.85. The van der Waals surface area contributed by atoms with Crippen LogP contribution in [0.15, 0.2) is 41.3 Å². The maximum absolute atomic E-state index is 12.6. The molecule has 8 heteroatoms. The first kappa shape index (κ1) is 25.0. The molecule has 1 aliphatic rings. The van der Waals surface area contributed by atoms with E-state index in [4.69, 9.17) is 11.6 Å². The van der Waals surface area contributed by atoms with E-state index in [2.05, 4.69) is 22.9 Å². The SMILES string of the molecule is CCCCCn1ccc(C2CC(=O)NC(c3cc(CNC(=O)C(C)C)ccc3Cl)N2)cc1=O. The third-order valence-corrected chi connectivity index (χ3v) is 6.19. The van der Waals surface area contributed by atoms with Crippen LogP contribution in [-0.2, 0) is 22.7 Å². The van der Waals surface area contributed by atoms with E-state index in [1.54, 1.807) is 16.7 Å². The molecule has 0 aliphatic carbocycles. The van der Waals surface area contributed by atoms with E-state index in [1.165, 1.54) is 0 Å². The number of halogens is 1. The fourth-order valence-corrected chi connectivity index (χ4v) is 4.09. The van der Waals surface area contributed by atoms with E-state index in [-0.39, 0.29) is 35.8 Å². The van der Waals surface area contributed by atoms with Crippen LogP contribution in [0.1, 0.15) is 75.4 Å². The van der Waals surface area contributed by atoms with Crippen LogP contribution < -0.4 is 21.5 Å². The first-order chi connectivity index (χ1) is 15.8. The van der Waals surface area contributed by atoms with Gasteiger partial charge in [-0.1, -0.05) is 51.3 Å². The summed E-state index contributed by atoms with van der Waals surface area (Å²) in [4.78, 5) is 37.0. The molecule has 1 aromatic carbocycles. The molecule has 2 aromatic rings. The molecule has 178 valence electrons. The highest BCUT2D eigenvalue weighted by Gasteiger charge is 2.29. The fraction of sp³-hybridized carbons (Fsp3) is 0.480. The number of nitrogens with one attached hydrogen (secondary N) is 3. The number of carbonyl (C=O) groups is 2. The van der Waals surface area contributed by atoms with Gasteiger partial charge >= 0.3 is 0 Å². The van der Waals surface area contributed by atoms with Gasteiger partial charge in [-0.15, -0.1) is 0 Å². The van der Waals surface area contributed by atoms with Crippen LogP contribution in [0.25, 0.3) is 0 Å². The van der Waals surface area contributed by atoms with Gasteiger partial charge in [0.2, 0.25) is 11.8 Å². The molecule has 3 N–H and O–H groups in total. The molecule has 0 spiro atoms. The molecule has 0 saturated carbocycles. The number of unbranched alkanes of at least 4 members (excludes halogenated alkanes) is 2. The summed E-state index contributed by atoms with van der Waals surface area (Å²) < 4.78 is 1.71. The number of nitrogens with zero attached hydrogens (tertiary/aromatic N) is 1. The Labute approximate surface area is 199 Å². The normalized spacial score (nSPS) is 18.3.